The molecule has 5 aliphatic heterocycles. The second-order valence-electron chi connectivity index (χ2n) is 27.0. The molecule has 0 aromatic heterocycles. The van der Waals surface area contributed by atoms with Crippen LogP contribution in [-0.2, 0) is 89.7 Å². The van der Waals surface area contributed by atoms with E-state index in [1.807, 2.05) is 6.08 Å². The maximum absolute atomic E-state index is 14.0. The molecular weight excluding hydrogens is 1380 g/mol. The lowest BCUT2D eigenvalue weighted by Crippen LogP contribution is -2.72. The number of hydrogen-bond donors (Lipinski definition) is 17. The first-order chi connectivity index (χ1) is 47.5. The van der Waals surface area contributed by atoms with Crippen LogP contribution in [0.15, 0.2) is 59.3 Å². The van der Waals surface area contributed by atoms with Crippen LogP contribution >= 0.6 is 7.82 Å². The van der Waals surface area contributed by atoms with Crippen LogP contribution in [0.25, 0.3) is 0 Å². The number of aliphatic hydroxyl groups excluding tert-OH is 9. The number of carboxylic acid groups (broad SMARTS) is 2. The summed E-state index contributed by atoms with van der Waals surface area (Å²) in [7, 11) is -5.83. The lowest BCUT2D eigenvalue weighted by molar-refractivity contribution is -0.375. The van der Waals surface area contributed by atoms with Gasteiger partial charge < -0.3 is 140 Å². The average molecular weight is 1490 g/mol. The maximum atomic E-state index is 14.0. The van der Waals surface area contributed by atoms with Gasteiger partial charge in [0.1, 0.15) is 90.9 Å². The number of allylic oxidation sites excluding steroid dienone is 8. The predicted octanol–water partition coefficient (Wildman–Crippen LogP) is -2.19. The van der Waals surface area contributed by atoms with Crippen molar-refractivity contribution in [3.8, 4) is 0 Å². The fraction of sp³-hybridized carbons (Fsp3) is 0.750. The van der Waals surface area contributed by atoms with E-state index in [0.29, 0.717) is 12.8 Å². The van der Waals surface area contributed by atoms with Crippen molar-refractivity contribution in [2.24, 2.45) is 16.9 Å². The molecule has 38 heteroatoms. The maximum Gasteiger partial charge on any atom is 0.474 e. The topological polar surface area (TPSA) is 579 Å². The Balaban J connectivity index is 1.41. The standard InChI is InChI=1S/C64H103N4O33P/c1-28(2)15-14-17-29(3)18-19-31(5)20-23-63(9,10)22-13-12-16-30(4)21-24-89-37(55(81)82)27-91-102(87,88)101-61-51(52(100-62(66)85)64(11,86)53(99-61)54(65)80)98-58-39(68-34(8)71)42(74)49(36(94-58)26-90-59-46(78)43(75)40(72)35(25-69)93-59)96-57-38(67-33(7)70)41(73)48(32(6)92-57)95-60-47(79)44(76)45(77)50(97-60)56(83)84/h13,15,18,21-22,32,35-53,57-61,69,72-79,86H,5,12,14,16-17,19-20,23-27H2,1-4,6-11H3,(H2,65,80)(H2,66,85)(H,67,70)(H,68,71)(H,81,82)(H,83,84)(H,87,88). The van der Waals surface area contributed by atoms with Crippen molar-refractivity contribution >= 4 is 43.6 Å². The largest absolute Gasteiger partial charge is 0.479 e. The molecule has 0 aromatic carbocycles. The summed E-state index contributed by atoms with van der Waals surface area (Å²) in [6.45, 7) is 16.9. The van der Waals surface area contributed by atoms with E-state index < -0.39 is 222 Å². The van der Waals surface area contributed by atoms with Crippen molar-refractivity contribution in [3.05, 3.63) is 59.3 Å². The minimum atomic E-state index is -5.83. The Morgan fingerprint density at radius 3 is 1.81 bits per heavy atom. The van der Waals surface area contributed by atoms with Crippen LogP contribution in [-0.4, -0.2) is 287 Å². The van der Waals surface area contributed by atoms with E-state index in [4.69, 9.17) is 72.6 Å². The molecule has 0 spiro atoms. The number of phosphoric acid groups is 1. The molecule has 27 unspecified atom stereocenters. The number of ether oxygens (including phenoxy) is 11. The van der Waals surface area contributed by atoms with Gasteiger partial charge >= 0.3 is 25.9 Å². The van der Waals surface area contributed by atoms with E-state index in [0.717, 1.165) is 64.0 Å². The van der Waals surface area contributed by atoms with Gasteiger partial charge in [-0.1, -0.05) is 73.1 Å². The van der Waals surface area contributed by atoms with Crippen LogP contribution in [0.2, 0.25) is 0 Å². The normalized spacial score (nSPS) is 36.4. The highest BCUT2D eigenvalue weighted by Gasteiger charge is 2.62. The molecule has 27 atom stereocenters. The first-order valence-corrected chi connectivity index (χ1v) is 34.4. The van der Waals surface area contributed by atoms with Crippen molar-refractivity contribution in [2.45, 2.75) is 273 Å². The molecule has 0 aliphatic carbocycles. The molecule has 5 saturated heterocycles. The molecule has 0 bridgehead atoms. The smallest absolute Gasteiger partial charge is 0.474 e. The molecule has 0 radical (unpaired) electrons. The van der Waals surface area contributed by atoms with Crippen LogP contribution < -0.4 is 22.1 Å². The van der Waals surface area contributed by atoms with E-state index in [9.17, 15) is 99.5 Å². The second-order valence-corrected chi connectivity index (χ2v) is 28.4. The highest BCUT2D eigenvalue weighted by molar-refractivity contribution is 7.47. The number of phosphoric ester groups is 1. The van der Waals surface area contributed by atoms with Gasteiger partial charge in [0.05, 0.1) is 32.5 Å². The predicted molar refractivity (Wildman–Crippen MR) is 347 cm³/mol. The number of nitrogens with two attached hydrogens (primary N) is 2. The summed E-state index contributed by atoms with van der Waals surface area (Å²) in [6, 6.07) is -3.94. The molecule has 102 heavy (non-hydrogen) atoms. The summed E-state index contributed by atoms with van der Waals surface area (Å²) in [4.78, 5) is 87.5. The SMILES string of the molecule is C=C(CC=C(C)CCC=C(C)C)CCC(C)(C)C=CCCC(C)=CCOC(COP(=O)(O)OC1OC(C(N)=O)C(C)(O)C(OC(N)=O)C1OC1OC(COC2OC(CO)C(O)C(O)C2O)C(OC2OC(C)C(OC3OC(C(=O)O)C(O)C(O)C3O)C(O)C2NC(C)=O)C(O)C1NC(C)=O)C(=O)O. The summed E-state index contributed by atoms with van der Waals surface area (Å²) >= 11 is 0. The zero-order valence-electron chi connectivity index (χ0n) is 58.4. The van der Waals surface area contributed by atoms with E-state index >= 15 is 0 Å². The average Bonchev–Trinajstić information content (AvgIpc) is 0.750. The van der Waals surface area contributed by atoms with Crippen LogP contribution in [0.4, 0.5) is 4.79 Å². The lowest BCUT2D eigenvalue weighted by atomic mass is 9.85. The molecule has 4 amide bonds. The molecule has 0 saturated carbocycles. The Hall–Kier alpha value is -5.37. The highest BCUT2D eigenvalue weighted by Crippen LogP contribution is 2.49. The molecule has 0 aromatic rings. The Bertz CT molecular complexity index is 3000. The number of amides is 4. The molecule has 582 valence electrons. The quantitative estimate of drug-likeness (QED) is 0.0234. The van der Waals surface area contributed by atoms with E-state index in [1.165, 1.54) is 18.1 Å². The highest BCUT2D eigenvalue weighted by atomic mass is 31.2. The van der Waals surface area contributed by atoms with Gasteiger partial charge in [-0.25, -0.2) is 18.9 Å². The van der Waals surface area contributed by atoms with Gasteiger partial charge in [-0.15, -0.1) is 0 Å². The summed E-state index contributed by atoms with van der Waals surface area (Å²) in [5.74, 6) is -6.94. The van der Waals surface area contributed by atoms with Gasteiger partial charge in [0.25, 0.3) is 0 Å². The third-order valence-corrected chi connectivity index (χ3v) is 18.4. The van der Waals surface area contributed by atoms with Gasteiger partial charge in [-0.05, 0) is 91.9 Å². The van der Waals surface area contributed by atoms with Gasteiger partial charge in [0, 0.05) is 13.8 Å². The van der Waals surface area contributed by atoms with Gasteiger partial charge in [-0.3, -0.25) is 23.4 Å². The number of carboxylic acids is 2. The van der Waals surface area contributed by atoms with Crippen molar-refractivity contribution in [1.29, 1.82) is 0 Å². The number of aliphatic carboxylic acids is 2. The van der Waals surface area contributed by atoms with Crippen LogP contribution in [0.5, 0.6) is 0 Å². The van der Waals surface area contributed by atoms with Gasteiger partial charge in [0.15, 0.2) is 62.0 Å². The summed E-state index contributed by atoms with van der Waals surface area (Å²) in [5.41, 5.74) is 12.5. The van der Waals surface area contributed by atoms with Crippen molar-refractivity contribution < 1.29 is 161 Å². The zero-order chi connectivity index (χ0) is 76.6. The van der Waals surface area contributed by atoms with Gasteiger partial charge in [0.2, 0.25) is 17.7 Å². The lowest BCUT2D eigenvalue weighted by Gasteiger charge is -2.52. The molecule has 19 N–H and O–H groups in total. The molecule has 5 rings (SSSR count). The van der Waals surface area contributed by atoms with Crippen molar-refractivity contribution in [3.63, 3.8) is 0 Å². The van der Waals surface area contributed by atoms with Crippen LogP contribution in [0, 0.1) is 5.41 Å². The number of carbonyl (C=O) groups is 6. The Labute approximate surface area is 588 Å². The van der Waals surface area contributed by atoms with E-state index in [1.54, 1.807) is 13.0 Å². The third kappa shape index (κ3) is 24.6. The number of carbonyl (C=O) groups excluding carboxylic acids is 4. The minimum absolute atomic E-state index is 0.140. The summed E-state index contributed by atoms with van der Waals surface area (Å²) in [6.07, 6.45) is -34.5. The Kier molecular flexibility index (Phi) is 33.2. The zero-order valence-corrected chi connectivity index (χ0v) is 59.3. The molecule has 5 fully saturated rings. The van der Waals surface area contributed by atoms with Crippen LogP contribution in [0.3, 0.4) is 0 Å². The number of rotatable bonds is 36. The first kappa shape index (κ1) is 87.3. The number of primary amides is 2. The molecule has 5 aliphatic rings. The third-order valence-electron chi connectivity index (χ3n) is 17.5. The number of aliphatic hydroxyl groups is 10. The van der Waals surface area contributed by atoms with E-state index in [-0.39, 0.29) is 12.0 Å². The Morgan fingerprint density at radius 1 is 0.676 bits per heavy atom. The fourth-order valence-electron chi connectivity index (χ4n) is 11.7. The van der Waals surface area contributed by atoms with Crippen molar-refractivity contribution in [2.75, 3.05) is 26.4 Å². The molecule has 5 heterocycles. The summed E-state index contributed by atoms with van der Waals surface area (Å²) < 4.78 is 88.0. The molecule has 37 nitrogen and oxygen atoms in total. The first-order valence-electron chi connectivity index (χ1n) is 33.0. The van der Waals surface area contributed by atoms with Crippen molar-refractivity contribution in [1.82, 2.24) is 10.6 Å². The minimum Gasteiger partial charge on any atom is -0.479 e. The van der Waals surface area contributed by atoms with Gasteiger partial charge in [-0.2, -0.15) is 0 Å². The monoisotopic (exact) mass is 1490 g/mol. The summed E-state index contributed by atoms with van der Waals surface area (Å²) in [5, 5.41) is 135. The molecular formula is C64H103N4O33P. The second kappa shape index (κ2) is 38.8. The Morgan fingerprint density at radius 2 is 1.24 bits per heavy atom. The van der Waals surface area contributed by atoms with Crippen LogP contribution in [0.1, 0.15) is 114 Å². The number of nitrogens with one attached hydrogen (secondary N) is 2. The fourth-order valence-corrected chi connectivity index (χ4v) is 12.5. The number of hydrogen-bond acceptors (Lipinski definition) is 30. The van der Waals surface area contributed by atoms with E-state index in [2.05, 4.69) is 70.1 Å².